The molecule has 2 aromatic heterocycles. The van der Waals surface area contributed by atoms with Crippen molar-refractivity contribution >= 4 is 28.8 Å². The first-order valence-corrected chi connectivity index (χ1v) is 7.57. The molecule has 0 radical (unpaired) electrons. The number of aromatic nitrogens is 2. The number of hydrogen-bond donors (Lipinski definition) is 2. The van der Waals surface area contributed by atoms with E-state index in [0.717, 1.165) is 24.1 Å². The number of anilines is 2. The van der Waals surface area contributed by atoms with Crippen LogP contribution in [0.4, 0.5) is 17.5 Å². The lowest BCUT2D eigenvalue weighted by molar-refractivity contribution is -0.384. The largest absolute Gasteiger partial charge is 0.360 e. The van der Waals surface area contributed by atoms with Crippen molar-refractivity contribution in [2.24, 2.45) is 0 Å². The van der Waals surface area contributed by atoms with E-state index >= 15 is 0 Å². The normalized spacial score (nSPS) is 10.4. The van der Waals surface area contributed by atoms with Gasteiger partial charge in [-0.05, 0) is 35.2 Å². The van der Waals surface area contributed by atoms with Crippen molar-refractivity contribution < 1.29 is 4.92 Å². The molecular weight excluding hydrogens is 290 g/mol. The van der Waals surface area contributed by atoms with Crippen LogP contribution in [0, 0.1) is 17.0 Å². The molecule has 0 fully saturated rings. The van der Waals surface area contributed by atoms with Crippen molar-refractivity contribution in [2.45, 2.75) is 26.8 Å². The minimum Gasteiger partial charge on any atom is -0.360 e. The van der Waals surface area contributed by atoms with Crippen LogP contribution in [-0.4, -0.2) is 21.4 Å². The molecule has 0 amide bonds. The zero-order valence-corrected chi connectivity index (χ0v) is 12.7. The van der Waals surface area contributed by atoms with E-state index in [1.807, 2.05) is 24.6 Å². The lowest BCUT2D eigenvalue weighted by atomic mass is 10.2. The highest BCUT2D eigenvalue weighted by atomic mass is 32.1. The Kier molecular flexibility index (Phi) is 5.04. The van der Waals surface area contributed by atoms with Crippen LogP contribution in [0.2, 0.25) is 0 Å². The fourth-order valence-corrected chi connectivity index (χ4v) is 2.57. The summed E-state index contributed by atoms with van der Waals surface area (Å²) in [4.78, 5) is 18.7. The smallest absolute Gasteiger partial charge is 0.329 e. The van der Waals surface area contributed by atoms with Crippen molar-refractivity contribution in [1.29, 1.82) is 0 Å². The number of hydrogen-bond acceptors (Lipinski definition) is 7. The van der Waals surface area contributed by atoms with Gasteiger partial charge in [-0.2, -0.15) is 16.3 Å². The topological polar surface area (TPSA) is 93.0 Å². The highest BCUT2D eigenvalue weighted by Gasteiger charge is 2.17. The van der Waals surface area contributed by atoms with Gasteiger partial charge in [-0.1, -0.05) is 6.92 Å². The number of nitro groups is 1. The Bertz CT molecular complexity index is 629. The van der Waals surface area contributed by atoms with Gasteiger partial charge < -0.3 is 10.6 Å². The molecular formula is C13H17N5O2S. The highest BCUT2D eigenvalue weighted by Crippen LogP contribution is 2.23. The average Bonchev–Trinajstić information content (AvgIpc) is 2.88. The van der Waals surface area contributed by atoms with E-state index in [4.69, 9.17) is 0 Å². The third-order valence-electron chi connectivity index (χ3n) is 2.91. The van der Waals surface area contributed by atoms with Crippen molar-refractivity contribution in [1.82, 2.24) is 9.97 Å². The summed E-state index contributed by atoms with van der Waals surface area (Å²) < 4.78 is 0. The lowest BCUT2D eigenvalue weighted by Gasteiger charge is -2.08. The van der Waals surface area contributed by atoms with Crippen LogP contribution in [0.5, 0.6) is 0 Å². The zero-order chi connectivity index (χ0) is 15.2. The number of thiophene rings is 1. The molecule has 0 spiro atoms. The van der Waals surface area contributed by atoms with Crippen LogP contribution in [0.25, 0.3) is 0 Å². The molecule has 8 heteroatoms. The van der Waals surface area contributed by atoms with Gasteiger partial charge in [0.25, 0.3) is 0 Å². The van der Waals surface area contributed by atoms with E-state index in [0.29, 0.717) is 12.5 Å². The van der Waals surface area contributed by atoms with E-state index in [1.54, 1.807) is 11.3 Å². The summed E-state index contributed by atoms with van der Waals surface area (Å²) in [6.45, 7) is 5.26. The first-order valence-electron chi connectivity index (χ1n) is 6.62. The molecule has 2 aromatic rings. The first kappa shape index (κ1) is 15.2. The highest BCUT2D eigenvalue weighted by molar-refractivity contribution is 7.08. The van der Waals surface area contributed by atoms with Gasteiger partial charge in [-0.25, -0.2) is 4.98 Å². The van der Waals surface area contributed by atoms with Crippen molar-refractivity contribution in [3.05, 3.63) is 38.2 Å². The average molecular weight is 307 g/mol. The first-order chi connectivity index (χ1) is 10.1. The van der Waals surface area contributed by atoms with Crippen LogP contribution in [0.15, 0.2) is 17.0 Å². The molecule has 2 heterocycles. The number of nitrogens with one attached hydrogen (secondary N) is 2. The van der Waals surface area contributed by atoms with Crippen molar-refractivity contribution in [2.75, 3.05) is 17.2 Å². The minimum absolute atomic E-state index is 0.120. The van der Waals surface area contributed by atoms with Gasteiger partial charge in [-0.15, -0.1) is 0 Å². The van der Waals surface area contributed by atoms with Crippen LogP contribution in [0.1, 0.15) is 24.5 Å². The van der Waals surface area contributed by atoms with E-state index < -0.39 is 4.92 Å². The fourth-order valence-electron chi connectivity index (χ4n) is 1.71. The molecule has 2 N–H and O–H groups in total. The van der Waals surface area contributed by atoms with Crippen LogP contribution >= 0.6 is 11.3 Å². The molecule has 2 rings (SSSR count). The second kappa shape index (κ2) is 6.98. The molecule has 0 aliphatic heterocycles. The molecule has 7 nitrogen and oxygen atoms in total. The van der Waals surface area contributed by atoms with Gasteiger partial charge in [0.15, 0.2) is 0 Å². The Labute approximate surface area is 126 Å². The minimum atomic E-state index is -0.480. The fraction of sp³-hybridized carbons (Fsp3) is 0.385. The van der Waals surface area contributed by atoms with Gasteiger partial charge in [0.05, 0.1) is 4.92 Å². The molecule has 112 valence electrons. The predicted octanol–water partition coefficient (Wildman–Crippen LogP) is 3.19. The molecule has 0 aromatic carbocycles. The van der Waals surface area contributed by atoms with Crippen molar-refractivity contribution in [3.63, 3.8) is 0 Å². The summed E-state index contributed by atoms with van der Waals surface area (Å²) in [7, 11) is 0. The van der Waals surface area contributed by atoms with Gasteiger partial charge in [-0.3, -0.25) is 10.1 Å². The second-order valence-electron chi connectivity index (χ2n) is 4.54. The van der Waals surface area contributed by atoms with Crippen LogP contribution in [-0.2, 0) is 6.54 Å². The third kappa shape index (κ3) is 3.88. The van der Waals surface area contributed by atoms with E-state index in [2.05, 4.69) is 20.6 Å². The van der Waals surface area contributed by atoms with Gasteiger partial charge in [0, 0.05) is 13.1 Å². The van der Waals surface area contributed by atoms with E-state index in [1.165, 1.54) is 6.20 Å². The molecule has 0 aliphatic carbocycles. The standard InChI is InChI=1S/C13H17N5O2S/c1-3-4-14-13-16-6-11(18(19)20)12(17-13)15-5-10-8-21-7-9(10)2/h6-8H,3-5H2,1-2H3,(H2,14,15,16,17). The SMILES string of the molecule is CCCNc1ncc([N+](=O)[O-])c(NCc2cscc2C)n1. The van der Waals surface area contributed by atoms with Gasteiger partial charge in [0.1, 0.15) is 6.20 Å². The van der Waals surface area contributed by atoms with E-state index in [-0.39, 0.29) is 11.5 Å². The monoisotopic (exact) mass is 307 g/mol. The Balaban J connectivity index is 2.17. The molecule has 0 saturated carbocycles. The Morgan fingerprint density at radius 1 is 1.38 bits per heavy atom. The number of aryl methyl sites for hydroxylation is 1. The summed E-state index contributed by atoms with van der Waals surface area (Å²) in [5.41, 5.74) is 2.15. The number of nitrogens with zero attached hydrogens (tertiary/aromatic N) is 3. The Morgan fingerprint density at radius 2 is 2.19 bits per heavy atom. The molecule has 0 atom stereocenters. The zero-order valence-electron chi connectivity index (χ0n) is 11.9. The summed E-state index contributed by atoms with van der Waals surface area (Å²) in [6, 6.07) is 0. The maximum absolute atomic E-state index is 11.0. The molecule has 0 bridgehead atoms. The summed E-state index contributed by atoms with van der Waals surface area (Å²) >= 11 is 1.61. The van der Waals surface area contributed by atoms with Gasteiger partial charge in [0.2, 0.25) is 11.8 Å². The molecule has 21 heavy (non-hydrogen) atoms. The predicted molar refractivity (Wildman–Crippen MR) is 83.8 cm³/mol. The molecule has 0 aliphatic rings. The summed E-state index contributed by atoms with van der Waals surface area (Å²) in [5, 5.41) is 21.2. The lowest BCUT2D eigenvalue weighted by Crippen LogP contribution is -2.09. The Morgan fingerprint density at radius 3 is 2.81 bits per heavy atom. The maximum Gasteiger partial charge on any atom is 0.329 e. The second-order valence-corrected chi connectivity index (χ2v) is 5.29. The summed E-state index contributed by atoms with van der Waals surface area (Å²) in [6.07, 6.45) is 2.16. The molecule has 0 saturated heterocycles. The van der Waals surface area contributed by atoms with Crippen molar-refractivity contribution in [3.8, 4) is 0 Å². The van der Waals surface area contributed by atoms with Gasteiger partial charge >= 0.3 is 5.69 Å². The van der Waals surface area contributed by atoms with Crippen LogP contribution < -0.4 is 10.6 Å². The Hall–Kier alpha value is -2.22. The number of rotatable bonds is 7. The molecule has 0 unspecified atom stereocenters. The maximum atomic E-state index is 11.0. The quantitative estimate of drug-likeness (QED) is 0.603. The summed E-state index contributed by atoms with van der Waals surface area (Å²) in [5.74, 6) is 0.631. The van der Waals surface area contributed by atoms with E-state index in [9.17, 15) is 10.1 Å². The third-order valence-corrected chi connectivity index (χ3v) is 3.82. The van der Waals surface area contributed by atoms with Crippen LogP contribution in [0.3, 0.4) is 0 Å².